The van der Waals surface area contributed by atoms with E-state index in [0.29, 0.717) is 17.1 Å². The van der Waals surface area contributed by atoms with Crippen LogP contribution in [0.25, 0.3) is 6.08 Å². The second kappa shape index (κ2) is 9.37. The van der Waals surface area contributed by atoms with E-state index in [0.717, 1.165) is 56.3 Å². The summed E-state index contributed by atoms with van der Waals surface area (Å²) in [4.78, 5) is 26.7. The van der Waals surface area contributed by atoms with Crippen molar-refractivity contribution in [1.82, 2.24) is 5.32 Å². The second-order valence-electron chi connectivity index (χ2n) is 7.49. The number of thiophene rings is 1. The molecular weight excluding hydrogens is 384 g/mol. The zero-order valence-electron chi connectivity index (χ0n) is 16.4. The fraction of sp³-hybridized carbons (Fsp3) is 0.391. The molecule has 1 aromatic carbocycles. The van der Waals surface area contributed by atoms with Gasteiger partial charge in [-0.2, -0.15) is 0 Å². The number of rotatable bonds is 6. The van der Waals surface area contributed by atoms with Crippen molar-refractivity contribution in [3.05, 3.63) is 58.0 Å². The van der Waals surface area contributed by atoms with Crippen LogP contribution in [0.4, 0.5) is 5.00 Å². The molecule has 1 fully saturated rings. The van der Waals surface area contributed by atoms with Gasteiger partial charge < -0.3 is 15.4 Å². The lowest BCUT2D eigenvalue weighted by Gasteiger charge is -2.15. The van der Waals surface area contributed by atoms with E-state index in [-0.39, 0.29) is 17.9 Å². The van der Waals surface area contributed by atoms with Gasteiger partial charge in [0, 0.05) is 24.1 Å². The van der Waals surface area contributed by atoms with Gasteiger partial charge in [-0.1, -0.05) is 30.3 Å². The first-order chi connectivity index (χ1) is 14.2. The Bertz CT molecular complexity index is 898. The summed E-state index contributed by atoms with van der Waals surface area (Å²) in [5, 5.41) is 6.63. The lowest BCUT2D eigenvalue weighted by atomic mass is 9.95. The van der Waals surface area contributed by atoms with Crippen molar-refractivity contribution in [2.75, 3.05) is 18.5 Å². The number of hydrogen-bond donors (Lipinski definition) is 2. The van der Waals surface area contributed by atoms with Crippen molar-refractivity contribution in [2.45, 2.75) is 44.6 Å². The monoisotopic (exact) mass is 410 g/mol. The predicted molar refractivity (Wildman–Crippen MR) is 116 cm³/mol. The number of carbonyl (C=O) groups is 2. The Balaban J connectivity index is 1.49. The second-order valence-corrected chi connectivity index (χ2v) is 8.60. The number of nitrogens with one attached hydrogen (secondary N) is 2. The van der Waals surface area contributed by atoms with Crippen LogP contribution in [0.5, 0.6) is 0 Å². The zero-order valence-corrected chi connectivity index (χ0v) is 17.2. The Kier molecular flexibility index (Phi) is 6.42. The molecule has 0 radical (unpaired) electrons. The number of ether oxygens (including phenoxy) is 1. The molecule has 1 aliphatic carbocycles. The third-order valence-corrected chi connectivity index (χ3v) is 6.58. The van der Waals surface area contributed by atoms with E-state index in [1.165, 1.54) is 11.0 Å². The van der Waals surface area contributed by atoms with Gasteiger partial charge in [0.2, 0.25) is 5.91 Å². The van der Waals surface area contributed by atoms with Gasteiger partial charge in [0.1, 0.15) is 5.00 Å². The molecule has 1 saturated heterocycles. The number of fused-ring (bicyclic) bond motifs is 1. The number of amides is 2. The Morgan fingerprint density at radius 2 is 1.97 bits per heavy atom. The van der Waals surface area contributed by atoms with Crippen molar-refractivity contribution >= 4 is 34.2 Å². The molecule has 1 aromatic heterocycles. The number of aryl methyl sites for hydroxylation is 1. The third kappa shape index (κ3) is 4.95. The fourth-order valence-corrected chi connectivity index (χ4v) is 5.17. The summed E-state index contributed by atoms with van der Waals surface area (Å²) in [5.41, 5.74) is 2.71. The molecule has 0 saturated carbocycles. The zero-order chi connectivity index (χ0) is 20.1. The SMILES string of the molecule is O=C(/C=C/c1ccccc1)Nc1sc2c(c1C(=O)NCC1CCCO1)CCCC2. The standard InChI is InChI=1S/C23H26N2O3S/c26-20(13-12-16-7-2-1-3-8-16)25-23-21(18-10-4-5-11-19(18)29-23)22(27)24-15-17-9-6-14-28-17/h1-3,7-8,12-13,17H,4-6,9-11,14-15H2,(H,24,27)(H,25,26)/b13-12+. The van der Waals surface area contributed by atoms with Crippen molar-refractivity contribution in [3.63, 3.8) is 0 Å². The van der Waals surface area contributed by atoms with E-state index in [9.17, 15) is 9.59 Å². The van der Waals surface area contributed by atoms with Crippen LogP contribution in [0.1, 0.15) is 52.0 Å². The summed E-state index contributed by atoms with van der Waals surface area (Å²) in [6, 6.07) is 9.69. The summed E-state index contributed by atoms with van der Waals surface area (Å²) in [7, 11) is 0. The molecule has 6 heteroatoms. The predicted octanol–water partition coefficient (Wildman–Crippen LogP) is 4.19. The van der Waals surface area contributed by atoms with Gasteiger partial charge >= 0.3 is 0 Å². The first-order valence-corrected chi connectivity index (χ1v) is 11.1. The average Bonchev–Trinajstić information content (AvgIpc) is 3.38. The number of hydrogen-bond acceptors (Lipinski definition) is 4. The van der Waals surface area contributed by atoms with Crippen LogP contribution in [0.3, 0.4) is 0 Å². The first kappa shape index (κ1) is 19.9. The summed E-state index contributed by atoms with van der Waals surface area (Å²) in [6.45, 7) is 1.29. The van der Waals surface area contributed by atoms with E-state index >= 15 is 0 Å². The smallest absolute Gasteiger partial charge is 0.254 e. The van der Waals surface area contributed by atoms with E-state index in [2.05, 4.69) is 10.6 Å². The average molecular weight is 411 g/mol. The highest BCUT2D eigenvalue weighted by molar-refractivity contribution is 7.17. The van der Waals surface area contributed by atoms with Gasteiger partial charge in [0.15, 0.2) is 0 Å². The Morgan fingerprint density at radius 1 is 1.14 bits per heavy atom. The minimum absolute atomic E-state index is 0.0975. The summed E-state index contributed by atoms with van der Waals surface area (Å²) >= 11 is 1.54. The van der Waals surface area contributed by atoms with Gasteiger partial charge in [-0.05, 0) is 55.7 Å². The minimum atomic E-state index is -0.222. The van der Waals surface area contributed by atoms with Crippen LogP contribution >= 0.6 is 11.3 Å². The maximum absolute atomic E-state index is 13.0. The van der Waals surface area contributed by atoms with Crippen LogP contribution in [-0.4, -0.2) is 31.1 Å². The molecule has 1 unspecified atom stereocenters. The molecule has 2 aliphatic rings. The Hall–Kier alpha value is -2.44. The molecule has 2 heterocycles. The van der Waals surface area contributed by atoms with Gasteiger partial charge in [-0.25, -0.2) is 0 Å². The molecule has 0 spiro atoms. The summed E-state index contributed by atoms with van der Waals surface area (Å²) < 4.78 is 5.61. The topological polar surface area (TPSA) is 67.4 Å². The van der Waals surface area contributed by atoms with Crippen LogP contribution in [-0.2, 0) is 22.4 Å². The number of benzene rings is 1. The highest BCUT2D eigenvalue weighted by Crippen LogP contribution is 2.38. The third-order valence-electron chi connectivity index (χ3n) is 5.38. The van der Waals surface area contributed by atoms with Crippen LogP contribution < -0.4 is 10.6 Å². The lowest BCUT2D eigenvalue weighted by molar-refractivity contribution is -0.111. The molecule has 1 aliphatic heterocycles. The van der Waals surface area contributed by atoms with Gasteiger partial charge in [0.05, 0.1) is 11.7 Å². The Labute approximate surface area is 175 Å². The highest BCUT2D eigenvalue weighted by Gasteiger charge is 2.27. The molecular formula is C23H26N2O3S. The van der Waals surface area contributed by atoms with E-state index in [1.54, 1.807) is 17.4 Å². The molecule has 0 bridgehead atoms. The summed E-state index contributed by atoms with van der Waals surface area (Å²) in [5.74, 6) is -0.331. The molecule has 5 nitrogen and oxygen atoms in total. The lowest BCUT2D eigenvalue weighted by Crippen LogP contribution is -2.32. The maximum atomic E-state index is 13.0. The first-order valence-electron chi connectivity index (χ1n) is 10.3. The van der Waals surface area contributed by atoms with E-state index < -0.39 is 0 Å². The van der Waals surface area contributed by atoms with E-state index in [1.807, 2.05) is 30.3 Å². The number of anilines is 1. The van der Waals surface area contributed by atoms with Crippen LogP contribution in [0.15, 0.2) is 36.4 Å². The molecule has 2 amide bonds. The normalized spacial score (nSPS) is 18.6. The fourth-order valence-electron chi connectivity index (χ4n) is 3.88. The van der Waals surface area contributed by atoms with Crippen LogP contribution in [0, 0.1) is 0 Å². The quantitative estimate of drug-likeness (QED) is 0.702. The van der Waals surface area contributed by atoms with Gasteiger partial charge in [0.25, 0.3) is 5.91 Å². The van der Waals surface area contributed by atoms with Gasteiger partial charge in [-0.3, -0.25) is 9.59 Å². The molecule has 29 heavy (non-hydrogen) atoms. The minimum Gasteiger partial charge on any atom is -0.376 e. The molecule has 1 atom stereocenters. The molecule has 152 valence electrons. The maximum Gasteiger partial charge on any atom is 0.254 e. The van der Waals surface area contributed by atoms with E-state index in [4.69, 9.17) is 4.74 Å². The molecule has 4 rings (SSSR count). The Morgan fingerprint density at radius 3 is 2.76 bits per heavy atom. The highest BCUT2D eigenvalue weighted by atomic mass is 32.1. The van der Waals surface area contributed by atoms with Crippen molar-refractivity contribution in [2.24, 2.45) is 0 Å². The number of carbonyl (C=O) groups excluding carboxylic acids is 2. The summed E-state index contributed by atoms with van der Waals surface area (Å²) in [6.07, 6.45) is 9.50. The van der Waals surface area contributed by atoms with Crippen molar-refractivity contribution in [3.8, 4) is 0 Å². The molecule has 2 N–H and O–H groups in total. The van der Waals surface area contributed by atoms with Crippen molar-refractivity contribution in [1.29, 1.82) is 0 Å². The largest absolute Gasteiger partial charge is 0.376 e. The van der Waals surface area contributed by atoms with Gasteiger partial charge in [-0.15, -0.1) is 11.3 Å². The molecule has 2 aromatic rings. The van der Waals surface area contributed by atoms with Crippen molar-refractivity contribution < 1.29 is 14.3 Å². The van der Waals surface area contributed by atoms with Crippen LogP contribution in [0.2, 0.25) is 0 Å².